The molecule has 4 amide bonds. The summed E-state index contributed by atoms with van der Waals surface area (Å²) in [6.45, 7) is 5.03. The molecule has 13 nitrogen and oxygen atoms in total. The summed E-state index contributed by atoms with van der Waals surface area (Å²) in [6.07, 6.45) is 8.94. The van der Waals surface area contributed by atoms with E-state index in [0.717, 1.165) is 71.0 Å². The molecule has 1 unspecified atom stereocenters. The van der Waals surface area contributed by atoms with Crippen molar-refractivity contribution in [1.29, 1.82) is 0 Å². The summed E-state index contributed by atoms with van der Waals surface area (Å²) in [5, 5.41) is 8.76. The molecule has 1 aromatic heterocycles. The van der Waals surface area contributed by atoms with Gasteiger partial charge in [0.05, 0.1) is 12.8 Å². The van der Waals surface area contributed by atoms with E-state index >= 15 is 4.39 Å². The van der Waals surface area contributed by atoms with Gasteiger partial charge in [-0.05, 0) is 113 Å². The Labute approximate surface area is 337 Å². The summed E-state index contributed by atoms with van der Waals surface area (Å²) in [7, 11) is 0. The molecule has 0 spiro atoms. The van der Waals surface area contributed by atoms with Crippen LogP contribution in [0.2, 0.25) is 0 Å². The van der Waals surface area contributed by atoms with Gasteiger partial charge in [-0.2, -0.15) is 0 Å². The van der Waals surface area contributed by atoms with Gasteiger partial charge in [0.1, 0.15) is 24.2 Å². The van der Waals surface area contributed by atoms with Crippen LogP contribution in [-0.4, -0.2) is 108 Å². The molecule has 5 heterocycles. The van der Waals surface area contributed by atoms with Crippen molar-refractivity contribution in [2.45, 2.75) is 82.2 Å². The predicted octanol–water partition coefficient (Wildman–Crippen LogP) is 5.09. The Bertz CT molecular complexity index is 1990. The van der Waals surface area contributed by atoms with E-state index in [1.54, 1.807) is 23.1 Å². The molecule has 5 fully saturated rings. The lowest BCUT2D eigenvalue weighted by molar-refractivity contribution is -0.138. The topological polar surface area (TPSA) is 149 Å². The lowest BCUT2D eigenvalue weighted by atomic mass is 9.80. The van der Waals surface area contributed by atoms with Crippen LogP contribution in [0.3, 0.4) is 0 Å². The normalized spacial score (nSPS) is 24.1. The number of benzene rings is 2. The number of imide groups is 1. The van der Waals surface area contributed by atoms with Gasteiger partial charge in [-0.15, -0.1) is 0 Å². The number of nitrogens with zero attached hydrogens (tertiary/aromatic N) is 5. The van der Waals surface area contributed by atoms with Crippen LogP contribution in [0.1, 0.15) is 75.7 Å². The van der Waals surface area contributed by atoms with Gasteiger partial charge in [0.15, 0.2) is 5.82 Å². The van der Waals surface area contributed by atoms with Crippen LogP contribution in [0.4, 0.5) is 26.1 Å². The molecular formula is C43H52F2N8O5. The fraction of sp³-hybridized carbons (Fsp3) is 0.535. The van der Waals surface area contributed by atoms with E-state index < -0.39 is 11.9 Å². The zero-order valence-electron chi connectivity index (χ0n) is 32.8. The Balaban J connectivity index is 0.755. The van der Waals surface area contributed by atoms with Gasteiger partial charge in [-0.3, -0.25) is 24.5 Å². The number of carbonyl (C=O) groups is 4. The molecule has 308 valence electrons. The Morgan fingerprint density at radius 1 is 0.862 bits per heavy atom. The Morgan fingerprint density at radius 3 is 2.40 bits per heavy atom. The van der Waals surface area contributed by atoms with Crippen LogP contribution < -0.4 is 20.9 Å². The van der Waals surface area contributed by atoms with E-state index in [1.165, 1.54) is 12.3 Å². The number of hydrogen-bond acceptors (Lipinski definition) is 10. The highest BCUT2D eigenvalue weighted by Gasteiger charge is 2.34. The van der Waals surface area contributed by atoms with E-state index in [4.69, 9.17) is 4.74 Å². The minimum Gasteiger partial charge on any atom is -0.374 e. The zero-order chi connectivity index (χ0) is 40.2. The quantitative estimate of drug-likeness (QED) is 0.237. The van der Waals surface area contributed by atoms with Crippen molar-refractivity contribution in [2.24, 2.45) is 11.8 Å². The van der Waals surface area contributed by atoms with Crippen LogP contribution >= 0.6 is 0 Å². The number of ether oxygens (including phenoxy) is 1. The lowest BCUT2D eigenvalue weighted by Crippen LogP contribution is -2.47. The molecule has 1 aliphatic carbocycles. The smallest absolute Gasteiger partial charge is 0.253 e. The van der Waals surface area contributed by atoms with Gasteiger partial charge in [0, 0.05) is 61.5 Å². The number of aromatic nitrogens is 2. The molecule has 8 rings (SSSR count). The van der Waals surface area contributed by atoms with Crippen LogP contribution in [0.25, 0.3) is 11.3 Å². The van der Waals surface area contributed by atoms with Gasteiger partial charge in [0.2, 0.25) is 23.7 Å². The average molecular weight is 799 g/mol. The molecule has 0 radical (unpaired) electrons. The Hall–Kier alpha value is -5.02. The third-order valence-electron chi connectivity index (χ3n) is 12.6. The van der Waals surface area contributed by atoms with E-state index in [-0.39, 0.29) is 66.0 Å². The van der Waals surface area contributed by atoms with Gasteiger partial charge in [0.25, 0.3) is 5.91 Å². The number of anilines is 3. The highest BCUT2D eigenvalue weighted by Crippen LogP contribution is 2.35. The Morgan fingerprint density at radius 2 is 1.66 bits per heavy atom. The van der Waals surface area contributed by atoms with E-state index in [0.29, 0.717) is 67.0 Å². The summed E-state index contributed by atoms with van der Waals surface area (Å²) in [5.41, 5.74) is 2.64. The predicted molar refractivity (Wildman–Crippen MR) is 214 cm³/mol. The molecule has 0 bridgehead atoms. The molecule has 1 atom stereocenters. The van der Waals surface area contributed by atoms with Gasteiger partial charge < -0.3 is 30.1 Å². The summed E-state index contributed by atoms with van der Waals surface area (Å²) in [4.78, 5) is 64.4. The molecular weight excluding hydrogens is 747 g/mol. The summed E-state index contributed by atoms with van der Waals surface area (Å²) in [6, 6.07) is 11.8. The highest BCUT2D eigenvalue weighted by atomic mass is 19.1. The first kappa shape index (κ1) is 39.8. The second kappa shape index (κ2) is 17.9. The third kappa shape index (κ3) is 9.31. The number of likely N-dealkylation sites (tertiary alicyclic amines) is 2. The monoisotopic (exact) mass is 798 g/mol. The Kier molecular flexibility index (Phi) is 12.3. The second-order valence-electron chi connectivity index (χ2n) is 16.5. The first-order chi connectivity index (χ1) is 28.2. The van der Waals surface area contributed by atoms with Crippen LogP contribution in [0, 0.1) is 23.5 Å². The first-order valence-electron chi connectivity index (χ1n) is 20.9. The maximum atomic E-state index is 15.2. The third-order valence-corrected chi connectivity index (χ3v) is 12.6. The van der Waals surface area contributed by atoms with Gasteiger partial charge in [-0.1, -0.05) is 18.2 Å². The number of piperidine rings is 3. The summed E-state index contributed by atoms with van der Waals surface area (Å²) >= 11 is 0. The van der Waals surface area contributed by atoms with E-state index in [9.17, 15) is 23.6 Å². The minimum absolute atomic E-state index is 0.0223. The van der Waals surface area contributed by atoms with Gasteiger partial charge in [-0.25, -0.2) is 18.7 Å². The molecule has 4 aliphatic heterocycles. The lowest BCUT2D eigenvalue weighted by Gasteiger charge is -2.38. The molecule has 3 aromatic rings. The van der Waals surface area contributed by atoms with Crippen molar-refractivity contribution in [2.75, 3.05) is 68.0 Å². The maximum absolute atomic E-state index is 15.2. The largest absolute Gasteiger partial charge is 0.374 e. The number of carbonyl (C=O) groups excluding carboxylic acids is 4. The van der Waals surface area contributed by atoms with Crippen LogP contribution in [0.5, 0.6) is 0 Å². The van der Waals surface area contributed by atoms with Crippen molar-refractivity contribution in [1.82, 2.24) is 25.1 Å². The van der Waals surface area contributed by atoms with E-state index in [1.807, 2.05) is 23.1 Å². The van der Waals surface area contributed by atoms with E-state index in [2.05, 4.69) is 30.8 Å². The first-order valence-corrected chi connectivity index (χ1v) is 20.9. The molecule has 15 heteroatoms. The molecule has 5 aliphatic rings. The van der Waals surface area contributed by atoms with Crippen LogP contribution in [0.15, 0.2) is 48.7 Å². The van der Waals surface area contributed by atoms with Crippen molar-refractivity contribution >= 4 is 41.0 Å². The number of halogens is 2. The summed E-state index contributed by atoms with van der Waals surface area (Å²) < 4.78 is 35.5. The van der Waals surface area contributed by atoms with Crippen molar-refractivity contribution in [3.05, 3.63) is 65.9 Å². The number of morpholine rings is 1. The highest BCUT2D eigenvalue weighted by molar-refractivity contribution is 6.01. The molecule has 1 saturated carbocycles. The minimum atomic E-state index is -0.547. The van der Waals surface area contributed by atoms with Crippen LogP contribution in [-0.2, 0) is 23.9 Å². The maximum Gasteiger partial charge on any atom is 0.253 e. The standard InChI is InChI=1S/C43H52F2N8O5/c44-35-23-32(47-37-10-11-38(54)49-41(37)56)8-9-34(35)28-12-16-51(17-13-28)25-27-4-6-29(7-5-27)42(57)52-18-14-31(15-19-52)48-43-46-24-36(45)40(50-43)30-2-1-3-33(22-30)53-20-21-58-26-39(53)55/h1-3,8-9,22-24,27-29,31,37,47H,4-7,10-21,25-26H2,(H,46,48,50)(H,49,54,56)/t27-,29-,37?. The fourth-order valence-corrected chi connectivity index (χ4v) is 9.30. The molecule has 58 heavy (non-hydrogen) atoms. The fourth-order valence-electron chi connectivity index (χ4n) is 9.30. The number of rotatable bonds is 10. The number of hydrogen-bond donors (Lipinski definition) is 3. The van der Waals surface area contributed by atoms with Gasteiger partial charge >= 0.3 is 0 Å². The molecule has 2 aromatic carbocycles. The van der Waals surface area contributed by atoms with Crippen molar-refractivity contribution in [3.63, 3.8) is 0 Å². The zero-order valence-corrected chi connectivity index (χ0v) is 32.8. The molecule has 3 N–H and O–H groups in total. The average Bonchev–Trinajstić information content (AvgIpc) is 3.23. The summed E-state index contributed by atoms with van der Waals surface area (Å²) in [5.74, 6) is -0.280. The second-order valence-corrected chi connectivity index (χ2v) is 16.5. The number of amides is 4. The van der Waals surface area contributed by atoms with Crippen molar-refractivity contribution in [3.8, 4) is 11.3 Å². The van der Waals surface area contributed by atoms with Crippen molar-refractivity contribution < 1.29 is 32.7 Å². The molecule has 4 saturated heterocycles. The number of nitrogens with one attached hydrogen (secondary N) is 3. The SMILES string of the molecule is O=C1CCC(Nc2ccc(C3CCN(C[C@H]4CC[C@H](C(=O)N5CCC(Nc6ncc(F)c(-c7cccc(N8CCOCC8=O)c7)n6)CC5)CC4)CC3)c(F)c2)C(=O)N1.